The molecule has 5 heteroatoms. The van der Waals surface area contributed by atoms with E-state index in [4.69, 9.17) is 0 Å². The summed E-state index contributed by atoms with van der Waals surface area (Å²) in [4.78, 5) is 12.8. The smallest absolute Gasteiger partial charge is 0.251 e. The first-order valence-corrected chi connectivity index (χ1v) is 8.46. The summed E-state index contributed by atoms with van der Waals surface area (Å²) in [6.07, 6.45) is 4.37. The Morgan fingerprint density at radius 1 is 1.06 bits per heavy atom. The van der Waals surface area contributed by atoms with Gasteiger partial charge in [-0.05, 0) is 43.9 Å². The van der Waals surface area contributed by atoms with Crippen molar-refractivity contribution in [2.75, 3.05) is 0 Å². The topological polar surface area (TPSA) is 29.1 Å². The maximum absolute atomic E-state index is 12.1. The summed E-state index contributed by atoms with van der Waals surface area (Å²) in [6, 6.07) is 5.92. The number of amides is 1. The van der Waals surface area contributed by atoms with Crippen LogP contribution in [0.15, 0.2) is 27.1 Å². The second-order valence-corrected chi connectivity index (χ2v) is 7.71. The molecule has 18 heavy (non-hydrogen) atoms. The summed E-state index contributed by atoms with van der Waals surface area (Å²) in [5, 5.41) is 3.11. The maximum Gasteiger partial charge on any atom is 0.251 e. The number of benzene rings is 1. The van der Waals surface area contributed by atoms with Gasteiger partial charge in [0.1, 0.15) is 0 Å². The van der Waals surface area contributed by atoms with E-state index in [0.29, 0.717) is 16.4 Å². The highest BCUT2D eigenvalue weighted by molar-refractivity contribution is 9.11. The van der Waals surface area contributed by atoms with Crippen LogP contribution in [0, 0.1) is 0 Å². The first kappa shape index (κ1) is 14.5. The molecule has 0 radical (unpaired) electrons. The number of rotatable bonds is 2. The van der Waals surface area contributed by atoms with Crippen LogP contribution in [0.2, 0.25) is 0 Å². The zero-order valence-corrected chi connectivity index (χ0v) is 14.5. The molecule has 2 rings (SSSR count). The summed E-state index contributed by atoms with van der Waals surface area (Å²) in [5.41, 5.74) is 0.692. The van der Waals surface area contributed by atoms with E-state index < -0.39 is 0 Å². The third kappa shape index (κ3) is 4.07. The van der Waals surface area contributed by atoms with E-state index in [2.05, 4.69) is 53.1 Å². The largest absolute Gasteiger partial charge is 0.349 e. The lowest BCUT2D eigenvalue weighted by Gasteiger charge is -2.26. The number of hydrogen-bond donors (Lipinski definition) is 1. The molecule has 2 nitrogen and oxygen atoms in total. The van der Waals surface area contributed by atoms with Crippen LogP contribution in [-0.4, -0.2) is 16.8 Å². The fraction of sp³-hybridized carbons (Fsp3) is 0.462. The van der Waals surface area contributed by atoms with Crippen LogP contribution in [0.3, 0.4) is 0 Å². The monoisotopic (exact) mass is 437 g/mol. The molecule has 1 N–H and O–H groups in total. The number of alkyl halides is 1. The molecule has 1 aliphatic carbocycles. The molecule has 1 fully saturated rings. The lowest BCUT2D eigenvalue weighted by Crippen LogP contribution is -2.37. The van der Waals surface area contributed by atoms with Gasteiger partial charge in [0, 0.05) is 25.4 Å². The van der Waals surface area contributed by atoms with Crippen LogP contribution >= 0.6 is 47.8 Å². The average molecular weight is 440 g/mol. The predicted octanol–water partition coefficient (Wildman–Crippen LogP) is 4.65. The van der Waals surface area contributed by atoms with Gasteiger partial charge in [0.05, 0.1) is 0 Å². The fourth-order valence-corrected chi connectivity index (χ4v) is 3.97. The van der Waals surface area contributed by atoms with Gasteiger partial charge in [-0.25, -0.2) is 0 Å². The second kappa shape index (κ2) is 6.53. The van der Waals surface area contributed by atoms with E-state index >= 15 is 0 Å². The number of carbonyl (C=O) groups excluding carboxylic acids is 1. The van der Waals surface area contributed by atoms with Gasteiger partial charge in [-0.3, -0.25) is 4.79 Å². The van der Waals surface area contributed by atoms with Crippen LogP contribution in [0.25, 0.3) is 0 Å². The summed E-state index contributed by atoms with van der Waals surface area (Å²) in [7, 11) is 0. The Bertz CT molecular complexity index is 422. The minimum atomic E-state index is 0.00928. The molecule has 1 aliphatic rings. The van der Waals surface area contributed by atoms with Crippen molar-refractivity contribution < 1.29 is 4.79 Å². The lowest BCUT2D eigenvalue weighted by molar-refractivity contribution is 0.0928. The molecule has 0 saturated heterocycles. The predicted molar refractivity (Wildman–Crippen MR) is 84.3 cm³/mol. The van der Waals surface area contributed by atoms with Crippen molar-refractivity contribution >= 4 is 53.7 Å². The van der Waals surface area contributed by atoms with Gasteiger partial charge >= 0.3 is 0 Å². The molecular formula is C13H14Br3NO. The molecule has 0 spiro atoms. The molecule has 0 atom stereocenters. The SMILES string of the molecule is O=C(NC1CCC(Br)CC1)c1cc(Br)cc(Br)c1. The average Bonchev–Trinajstić information content (AvgIpc) is 2.31. The molecule has 0 bridgehead atoms. The zero-order chi connectivity index (χ0) is 13.1. The van der Waals surface area contributed by atoms with Gasteiger partial charge in [0.25, 0.3) is 5.91 Å². The van der Waals surface area contributed by atoms with Crippen molar-refractivity contribution in [3.05, 3.63) is 32.7 Å². The van der Waals surface area contributed by atoms with Crippen molar-refractivity contribution in [2.24, 2.45) is 0 Å². The quantitative estimate of drug-likeness (QED) is 0.668. The summed E-state index contributed by atoms with van der Waals surface area (Å²) < 4.78 is 1.82. The van der Waals surface area contributed by atoms with Gasteiger partial charge in [0.2, 0.25) is 0 Å². The van der Waals surface area contributed by atoms with E-state index in [1.807, 2.05) is 18.2 Å². The van der Waals surface area contributed by atoms with Crippen LogP contribution in [0.5, 0.6) is 0 Å². The molecular weight excluding hydrogens is 426 g/mol. The fourth-order valence-electron chi connectivity index (χ4n) is 2.15. The highest BCUT2D eigenvalue weighted by atomic mass is 79.9. The Morgan fingerprint density at radius 3 is 2.17 bits per heavy atom. The van der Waals surface area contributed by atoms with Crippen molar-refractivity contribution in [3.63, 3.8) is 0 Å². The number of carbonyl (C=O) groups is 1. The zero-order valence-electron chi connectivity index (χ0n) is 9.76. The van der Waals surface area contributed by atoms with E-state index in [-0.39, 0.29) is 5.91 Å². The van der Waals surface area contributed by atoms with E-state index in [9.17, 15) is 4.79 Å². The Morgan fingerprint density at radius 2 is 1.61 bits per heavy atom. The van der Waals surface area contributed by atoms with E-state index in [0.717, 1.165) is 34.6 Å². The lowest BCUT2D eigenvalue weighted by atomic mass is 9.95. The first-order chi connectivity index (χ1) is 8.54. The molecule has 1 aromatic rings. The Hall–Kier alpha value is 0.130. The summed E-state index contributed by atoms with van der Waals surface area (Å²) in [5.74, 6) is 0.00928. The third-order valence-corrected chi connectivity index (χ3v) is 4.95. The number of hydrogen-bond acceptors (Lipinski definition) is 1. The second-order valence-electron chi connectivity index (χ2n) is 4.58. The Kier molecular flexibility index (Phi) is 5.27. The summed E-state index contributed by atoms with van der Waals surface area (Å²) >= 11 is 10.4. The Labute approximate surface area is 132 Å². The number of nitrogens with one attached hydrogen (secondary N) is 1. The van der Waals surface area contributed by atoms with Crippen LogP contribution in [-0.2, 0) is 0 Å². The maximum atomic E-state index is 12.1. The van der Waals surface area contributed by atoms with E-state index in [1.165, 1.54) is 0 Å². The molecule has 98 valence electrons. The van der Waals surface area contributed by atoms with Crippen molar-refractivity contribution in [2.45, 2.75) is 36.6 Å². The highest BCUT2D eigenvalue weighted by Crippen LogP contribution is 2.25. The van der Waals surface area contributed by atoms with Gasteiger partial charge in [-0.2, -0.15) is 0 Å². The molecule has 0 heterocycles. The molecule has 0 unspecified atom stereocenters. The standard InChI is InChI=1S/C13H14Br3NO/c14-9-1-3-12(4-2-9)17-13(18)8-5-10(15)7-11(16)6-8/h5-7,9,12H,1-4H2,(H,17,18). The third-order valence-electron chi connectivity index (χ3n) is 3.12. The normalized spacial score (nSPS) is 23.7. The summed E-state index contributed by atoms with van der Waals surface area (Å²) in [6.45, 7) is 0. The highest BCUT2D eigenvalue weighted by Gasteiger charge is 2.21. The molecule has 0 aliphatic heterocycles. The molecule has 0 aromatic heterocycles. The number of halogens is 3. The Balaban J connectivity index is 1.99. The minimum Gasteiger partial charge on any atom is -0.349 e. The van der Waals surface area contributed by atoms with Crippen LogP contribution < -0.4 is 5.32 Å². The van der Waals surface area contributed by atoms with Gasteiger partial charge in [-0.1, -0.05) is 47.8 Å². The minimum absolute atomic E-state index is 0.00928. The van der Waals surface area contributed by atoms with Gasteiger partial charge < -0.3 is 5.32 Å². The van der Waals surface area contributed by atoms with Gasteiger partial charge in [0.15, 0.2) is 0 Å². The molecule has 1 aromatic carbocycles. The van der Waals surface area contributed by atoms with Gasteiger partial charge in [-0.15, -0.1) is 0 Å². The molecule has 1 amide bonds. The van der Waals surface area contributed by atoms with Crippen molar-refractivity contribution in [1.29, 1.82) is 0 Å². The molecule has 1 saturated carbocycles. The first-order valence-electron chi connectivity index (χ1n) is 5.95. The van der Waals surface area contributed by atoms with Crippen LogP contribution in [0.4, 0.5) is 0 Å². The van der Waals surface area contributed by atoms with Crippen molar-refractivity contribution in [3.8, 4) is 0 Å². The van der Waals surface area contributed by atoms with Crippen LogP contribution in [0.1, 0.15) is 36.0 Å². The van der Waals surface area contributed by atoms with E-state index in [1.54, 1.807) is 0 Å². The van der Waals surface area contributed by atoms with Crippen molar-refractivity contribution in [1.82, 2.24) is 5.32 Å².